The van der Waals surface area contributed by atoms with E-state index in [0.29, 0.717) is 28.9 Å². The molecule has 0 radical (unpaired) electrons. The van der Waals surface area contributed by atoms with Gasteiger partial charge in [0, 0.05) is 18.0 Å². The summed E-state index contributed by atoms with van der Waals surface area (Å²) in [4.78, 5) is 12.3. The molecule has 3 rings (SSSR count). The SMILES string of the molecule is O=C(Nc1cccc(-c2cccc(C(F)(F)F)c2)c1)Nc1ccccc1CCO. The van der Waals surface area contributed by atoms with Gasteiger partial charge in [-0.1, -0.05) is 42.5 Å². The van der Waals surface area contributed by atoms with Crippen LogP contribution in [0.3, 0.4) is 0 Å². The summed E-state index contributed by atoms with van der Waals surface area (Å²) in [5.41, 5.74) is 2.03. The van der Waals surface area contributed by atoms with Crippen molar-refractivity contribution in [3.63, 3.8) is 0 Å². The van der Waals surface area contributed by atoms with Crippen molar-refractivity contribution in [1.82, 2.24) is 0 Å². The maximum atomic E-state index is 12.9. The summed E-state index contributed by atoms with van der Waals surface area (Å²) in [6, 6.07) is 18.2. The summed E-state index contributed by atoms with van der Waals surface area (Å²) in [7, 11) is 0. The molecule has 3 aromatic carbocycles. The number of para-hydroxylation sites is 1. The van der Waals surface area contributed by atoms with E-state index in [2.05, 4.69) is 10.6 Å². The van der Waals surface area contributed by atoms with E-state index < -0.39 is 17.8 Å². The summed E-state index contributed by atoms with van der Waals surface area (Å²) < 4.78 is 38.8. The van der Waals surface area contributed by atoms with Crippen molar-refractivity contribution in [2.24, 2.45) is 0 Å². The maximum Gasteiger partial charge on any atom is 0.416 e. The van der Waals surface area contributed by atoms with E-state index in [9.17, 15) is 18.0 Å². The predicted octanol–water partition coefficient (Wildman–Crippen LogP) is 5.55. The van der Waals surface area contributed by atoms with E-state index in [-0.39, 0.29) is 6.61 Å². The summed E-state index contributed by atoms with van der Waals surface area (Å²) in [6.07, 6.45) is -4.02. The molecular formula is C22H19F3N2O2. The zero-order chi connectivity index (χ0) is 20.9. The van der Waals surface area contributed by atoms with E-state index in [1.165, 1.54) is 6.07 Å². The number of urea groups is 1. The molecular weight excluding hydrogens is 381 g/mol. The average Bonchev–Trinajstić information content (AvgIpc) is 2.69. The minimum Gasteiger partial charge on any atom is -0.396 e. The van der Waals surface area contributed by atoms with Gasteiger partial charge in [0.25, 0.3) is 0 Å². The Morgan fingerprint density at radius 1 is 0.862 bits per heavy atom. The number of aliphatic hydroxyl groups is 1. The van der Waals surface area contributed by atoms with E-state index in [1.54, 1.807) is 48.5 Å². The highest BCUT2D eigenvalue weighted by Crippen LogP contribution is 2.32. The van der Waals surface area contributed by atoms with Gasteiger partial charge in [0.05, 0.1) is 5.56 Å². The molecule has 7 heteroatoms. The number of hydrogen-bond acceptors (Lipinski definition) is 2. The summed E-state index contributed by atoms with van der Waals surface area (Å²) >= 11 is 0. The Morgan fingerprint density at radius 2 is 1.55 bits per heavy atom. The Kier molecular flexibility index (Phi) is 6.19. The lowest BCUT2D eigenvalue weighted by atomic mass is 10.0. The molecule has 150 valence electrons. The lowest BCUT2D eigenvalue weighted by Gasteiger charge is -2.13. The van der Waals surface area contributed by atoms with E-state index in [4.69, 9.17) is 5.11 Å². The zero-order valence-electron chi connectivity index (χ0n) is 15.3. The van der Waals surface area contributed by atoms with Gasteiger partial charge in [0.15, 0.2) is 0 Å². The number of hydrogen-bond donors (Lipinski definition) is 3. The second-order valence-electron chi connectivity index (χ2n) is 6.37. The molecule has 29 heavy (non-hydrogen) atoms. The Morgan fingerprint density at radius 3 is 2.28 bits per heavy atom. The van der Waals surface area contributed by atoms with Crippen LogP contribution in [0, 0.1) is 0 Å². The van der Waals surface area contributed by atoms with Gasteiger partial charge in [-0.05, 0) is 53.4 Å². The first-order chi connectivity index (χ1) is 13.9. The molecule has 0 aliphatic carbocycles. The van der Waals surface area contributed by atoms with Gasteiger partial charge in [-0.3, -0.25) is 0 Å². The first-order valence-electron chi connectivity index (χ1n) is 8.91. The zero-order valence-corrected chi connectivity index (χ0v) is 15.3. The van der Waals surface area contributed by atoms with Gasteiger partial charge in [-0.15, -0.1) is 0 Å². The second kappa shape index (κ2) is 8.79. The topological polar surface area (TPSA) is 61.4 Å². The number of nitrogens with one attached hydrogen (secondary N) is 2. The number of benzene rings is 3. The fraction of sp³-hybridized carbons (Fsp3) is 0.136. The molecule has 0 atom stereocenters. The molecule has 0 fully saturated rings. The van der Waals surface area contributed by atoms with Gasteiger partial charge < -0.3 is 15.7 Å². The van der Waals surface area contributed by atoms with Gasteiger partial charge in [0.2, 0.25) is 0 Å². The number of rotatable bonds is 5. The minimum atomic E-state index is -4.42. The molecule has 0 unspecified atom stereocenters. The maximum absolute atomic E-state index is 12.9. The Labute approximate surface area is 166 Å². The van der Waals surface area contributed by atoms with Crippen LogP contribution in [0.5, 0.6) is 0 Å². The molecule has 3 aromatic rings. The third-order valence-corrected chi connectivity index (χ3v) is 4.29. The quantitative estimate of drug-likeness (QED) is 0.526. The van der Waals surface area contributed by atoms with Gasteiger partial charge in [-0.25, -0.2) is 4.79 Å². The molecule has 0 bridgehead atoms. The molecule has 0 aliphatic heterocycles. The van der Waals surface area contributed by atoms with E-state index in [1.807, 2.05) is 6.07 Å². The average molecular weight is 400 g/mol. The third-order valence-electron chi connectivity index (χ3n) is 4.29. The van der Waals surface area contributed by atoms with Crippen molar-refractivity contribution in [1.29, 1.82) is 0 Å². The van der Waals surface area contributed by atoms with Crippen LogP contribution < -0.4 is 10.6 Å². The minimum absolute atomic E-state index is 0.0423. The van der Waals surface area contributed by atoms with Crippen LogP contribution in [0.4, 0.5) is 29.3 Å². The summed E-state index contributed by atoms with van der Waals surface area (Å²) in [6.45, 7) is -0.0423. The predicted molar refractivity (Wildman–Crippen MR) is 107 cm³/mol. The van der Waals surface area contributed by atoms with Gasteiger partial charge in [0.1, 0.15) is 0 Å². The van der Waals surface area contributed by atoms with Crippen LogP contribution in [0.15, 0.2) is 72.8 Å². The molecule has 0 aliphatic rings. The van der Waals surface area contributed by atoms with Crippen LogP contribution >= 0.6 is 0 Å². The van der Waals surface area contributed by atoms with Crippen LogP contribution in [-0.4, -0.2) is 17.7 Å². The van der Waals surface area contributed by atoms with Crippen molar-refractivity contribution in [3.05, 3.63) is 83.9 Å². The largest absolute Gasteiger partial charge is 0.416 e. The van der Waals surface area contributed by atoms with Crippen LogP contribution in [0.25, 0.3) is 11.1 Å². The second-order valence-corrected chi connectivity index (χ2v) is 6.37. The van der Waals surface area contributed by atoms with Gasteiger partial charge in [-0.2, -0.15) is 13.2 Å². The third kappa shape index (κ3) is 5.36. The van der Waals surface area contributed by atoms with E-state index in [0.717, 1.165) is 17.7 Å². The van der Waals surface area contributed by atoms with Crippen molar-refractivity contribution < 1.29 is 23.1 Å². The highest BCUT2D eigenvalue weighted by Gasteiger charge is 2.30. The number of alkyl halides is 3. The van der Waals surface area contributed by atoms with Crippen molar-refractivity contribution in [3.8, 4) is 11.1 Å². The molecule has 0 aromatic heterocycles. The van der Waals surface area contributed by atoms with Crippen LogP contribution in [0.2, 0.25) is 0 Å². The number of anilines is 2. The van der Waals surface area contributed by atoms with Gasteiger partial charge >= 0.3 is 12.2 Å². The molecule has 0 heterocycles. The highest BCUT2D eigenvalue weighted by atomic mass is 19.4. The number of carbonyl (C=O) groups excluding carboxylic acids is 1. The lowest BCUT2D eigenvalue weighted by molar-refractivity contribution is -0.137. The van der Waals surface area contributed by atoms with Crippen LogP contribution in [0.1, 0.15) is 11.1 Å². The van der Waals surface area contributed by atoms with Crippen LogP contribution in [-0.2, 0) is 12.6 Å². The first kappa shape index (κ1) is 20.4. The normalized spacial score (nSPS) is 11.2. The number of carbonyl (C=O) groups is 1. The molecule has 4 nitrogen and oxygen atoms in total. The standard InChI is InChI=1S/C22H19F3N2O2/c23-22(24,25)18-8-3-6-16(13-18)17-7-4-9-19(14-17)26-21(29)27-20-10-2-1-5-15(20)11-12-28/h1-10,13-14,28H,11-12H2,(H2,26,27,29). The fourth-order valence-electron chi connectivity index (χ4n) is 2.92. The Bertz CT molecular complexity index is 1000. The fourth-order valence-corrected chi connectivity index (χ4v) is 2.92. The molecule has 0 saturated carbocycles. The highest BCUT2D eigenvalue weighted by molar-refractivity contribution is 6.00. The van der Waals surface area contributed by atoms with E-state index >= 15 is 0 Å². The molecule has 3 N–H and O–H groups in total. The monoisotopic (exact) mass is 400 g/mol. The Balaban J connectivity index is 1.76. The molecule has 0 saturated heterocycles. The first-order valence-corrected chi connectivity index (χ1v) is 8.91. The van der Waals surface area contributed by atoms with Crippen molar-refractivity contribution >= 4 is 17.4 Å². The van der Waals surface area contributed by atoms with Crippen molar-refractivity contribution in [2.75, 3.05) is 17.2 Å². The number of aliphatic hydroxyl groups excluding tert-OH is 1. The summed E-state index contributed by atoms with van der Waals surface area (Å²) in [5, 5.41) is 14.5. The number of amides is 2. The molecule has 2 amide bonds. The Hall–Kier alpha value is -3.32. The molecule has 0 spiro atoms. The summed E-state index contributed by atoms with van der Waals surface area (Å²) in [5.74, 6) is 0. The van der Waals surface area contributed by atoms with Crippen molar-refractivity contribution in [2.45, 2.75) is 12.6 Å². The number of halogens is 3. The smallest absolute Gasteiger partial charge is 0.396 e. The lowest BCUT2D eigenvalue weighted by Crippen LogP contribution is -2.20.